The number of carboxylic acids is 1. The molecule has 2 bridgehead atoms. The second-order valence-electron chi connectivity index (χ2n) is 8.61. The maximum atomic E-state index is 11.6. The average molecular weight is 352 g/mol. The summed E-state index contributed by atoms with van der Waals surface area (Å²) in [6, 6.07) is 9.56. The predicted molar refractivity (Wildman–Crippen MR) is 97.2 cm³/mol. The number of hydrogen-bond acceptors (Lipinski definition) is 4. The van der Waals surface area contributed by atoms with E-state index in [1.807, 2.05) is 0 Å². The summed E-state index contributed by atoms with van der Waals surface area (Å²) < 4.78 is 6.13. The molecule has 0 unspecified atom stereocenters. The van der Waals surface area contributed by atoms with Crippen molar-refractivity contribution in [3.05, 3.63) is 41.5 Å². The first-order valence-electron chi connectivity index (χ1n) is 9.81. The van der Waals surface area contributed by atoms with E-state index >= 15 is 0 Å². The number of piperidine rings is 1. The van der Waals surface area contributed by atoms with E-state index < -0.39 is 5.97 Å². The van der Waals surface area contributed by atoms with Gasteiger partial charge in [0.05, 0.1) is 19.1 Å². The van der Waals surface area contributed by atoms with E-state index in [0.29, 0.717) is 18.6 Å². The van der Waals surface area contributed by atoms with E-state index in [9.17, 15) is 9.90 Å². The number of carboxylic acid groups (broad SMARTS) is 1. The van der Waals surface area contributed by atoms with E-state index in [2.05, 4.69) is 40.6 Å². The number of nitrogens with one attached hydrogen (secondary N) is 1. The van der Waals surface area contributed by atoms with Crippen LogP contribution in [0.5, 0.6) is 0 Å². The van der Waals surface area contributed by atoms with E-state index in [1.54, 1.807) is 0 Å². The summed E-state index contributed by atoms with van der Waals surface area (Å²) in [7, 11) is 0. The van der Waals surface area contributed by atoms with Crippen LogP contribution in [0.25, 0.3) is 0 Å². The van der Waals surface area contributed by atoms with Gasteiger partial charge in [-0.3, -0.25) is 9.69 Å². The van der Waals surface area contributed by atoms with Crippen LogP contribution < -0.4 is 5.32 Å². The van der Waals surface area contributed by atoms with E-state index in [1.165, 1.54) is 16.8 Å². The van der Waals surface area contributed by atoms with Crippen molar-refractivity contribution in [2.45, 2.75) is 42.9 Å². The first-order chi connectivity index (χ1) is 12.7. The van der Waals surface area contributed by atoms with Gasteiger partial charge in [0.1, 0.15) is 0 Å². The van der Waals surface area contributed by atoms with Gasteiger partial charge in [-0.25, -0.2) is 0 Å². The lowest BCUT2D eigenvalue weighted by Gasteiger charge is -2.55. The minimum absolute atomic E-state index is 0.0985. The molecule has 136 valence electrons. The second kappa shape index (κ2) is 5.11. The molecule has 5 heteroatoms. The molecule has 2 N–H and O–H groups in total. The van der Waals surface area contributed by atoms with Gasteiger partial charge in [0.15, 0.2) is 0 Å². The minimum atomic E-state index is -0.756. The van der Waals surface area contributed by atoms with Gasteiger partial charge in [-0.2, -0.15) is 0 Å². The molecule has 1 aromatic rings. The third-order valence-corrected chi connectivity index (χ3v) is 7.79. The molecule has 1 spiro atoms. The lowest BCUT2D eigenvalue weighted by Crippen LogP contribution is -2.64. The molecule has 4 aliphatic heterocycles. The van der Waals surface area contributed by atoms with Gasteiger partial charge in [0, 0.05) is 35.6 Å². The van der Waals surface area contributed by atoms with Crippen LogP contribution in [0.3, 0.4) is 0 Å². The van der Waals surface area contributed by atoms with Crippen molar-refractivity contribution in [1.82, 2.24) is 4.90 Å². The number of fused-ring (bicyclic) bond motifs is 2. The zero-order chi connectivity index (χ0) is 17.5. The molecular weight excluding hydrogens is 328 g/mol. The van der Waals surface area contributed by atoms with Crippen molar-refractivity contribution >= 4 is 11.7 Å². The van der Waals surface area contributed by atoms with Gasteiger partial charge in [0.2, 0.25) is 0 Å². The Morgan fingerprint density at radius 1 is 1.38 bits per heavy atom. The lowest BCUT2D eigenvalue weighted by molar-refractivity contribution is -0.142. The molecule has 5 nitrogen and oxygen atoms in total. The third-order valence-electron chi connectivity index (χ3n) is 7.79. The molecule has 1 aliphatic carbocycles. The van der Waals surface area contributed by atoms with Gasteiger partial charge >= 0.3 is 5.97 Å². The SMILES string of the molecule is O=C(O)C[C@@H]1OCC=C2CN3CC[C@]45c6ccccc6N[C@H]4[C@@H]1[C@H]2C[C@@H]35. The summed E-state index contributed by atoms with van der Waals surface area (Å²) >= 11 is 0. The minimum Gasteiger partial charge on any atom is -0.481 e. The smallest absolute Gasteiger partial charge is 0.305 e. The molecule has 6 rings (SSSR count). The van der Waals surface area contributed by atoms with E-state index in [-0.39, 0.29) is 29.9 Å². The second-order valence-corrected chi connectivity index (χ2v) is 8.61. The van der Waals surface area contributed by atoms with Crippen LogP contribution in [-0.2, 0) is 14.9 Å². The van der Waals surface area contributed by atoms with Gasteiger partial charge in [0.25, 0.3) is 0 Å². The number of carbonyl (C=O) groups is 1. The standard InChI is InChI=1S/C21H24N2O3/c24-18(25)10-16-19-13-9-17-21(6-7-23(17)11-12(13)5-8-26-16)14-3-1-2-4-15(14)22-20(19)21/h1-5,13,16-17,19-20,22H,6-11H2,(H,24,25)/t13-,16-,17+,19+,20-,21+/m0/s1. The zero-order valence-electron chi connectivity index (χ0n) is 14.7. The highest BCUT2D eigenvalue weighted by Crippen LogP contribution is 2.62. The van der Waals surface area contributed by atoms with Crippen molar-refractivity contribution in [3.8, 4) is 0 Å². The van der Waals surface area contributed by atoms with Gasteiger partial charge < -0.3 is 15.2 Å². The van der Waals surface area contributed by atoms with E-state index in [0.717, 1.165) is 25.9 Å². The van der Waals surface area contributed by atoms with Crippen molar-refractivity contribution in [2.75, 3.05) is 25.0 Å². The molecule has 0 radical (unpaired) electrons. The van der Waals surface area contributed by atoms with Crippen LogP contribution in [-0.4, -0.2) is 53.9 Å². The Morgan fingerprint density at radius 3 is 3.15 bits per heavy atom. The Hall–Kier alpha value is -1.85. The molecule has 4 heterocycles. The van der Waals surface area contributed by atoms with Gasteiger partial charge in [-0.05, 0) is 36.9 Å². The van der Waals surface area contributed by atoms with Crippen LogP contribution in [0.2, 0.25) is 0 Å². The van der Waals surface area contributed by atoms with Gasteiger partial charge in [-0.15, -0.1) is 0 Å². The Labute approximate surface area is 153 Å². The monoisotopic (exact) mass is 352 g/mol. The number of nitrogens with zero attached hydrogens (tertiary/aromatic N) is 1. The Morgan fingerprint density at radius 2 is 2.27 bits per heavy atom. The maximum absolute atomic E-state index is 11.6. The fourth-order valence-corrected chi connectivity index (χ4v) is 6.95. The summed E-state index contributed by atoms with van der Waals surface area (Å²) in [6.07, 6.45) is 4.42. The van der Waals surface area contributed by atoms with Gasteiger partial charge in [-0.1, -0.05) is 29.8 Å². The Kier molecular flexibility index (Phi) is 2.99. The van der Waals surface area contributed by atoms with Crippen LogP contribution in [0.15, 0.2) is 35.9 Å². The summed E-state index contributed by atoms with van der Waals surface area (Å²) in [5, 5.41) is 13.3. The Bertz CT molecular complexity index is 821. The summed E-state index contributed by atoms with van der Waals surface area (Å²) in [4.78, 5) is 14.2. The van der Waals surface area contributed by atoms with Crippen LogP contribution in [0.4, 0.5) is 5.69 Å². The summed E-state index contributed by atoms with van der Waals surface area (Å²) in [5.41, 5.74) is 4.28. The van der Waals surface area contributed by atoms with Crippen molar-refractivity contribution < 1.29 is 14.6 Å². The normalized spacial score (nSPS) is 42.3. The predicted octanol–water partition coefficient (Wildman–Crippen LogP) is 2.24. The molecule has 2 saturated heterocycles. The number of ether oxygens (including phenoxy) is 1. The number of hydrogen-bond donors (Lipinski definition) is 2. The molecule has 26 heavy (non-hydrogen) atoms. The number of benzene rings is 1. The number of rotatable bonds is 2. The van der Waals surface area contributed by atoms with Crippen LogP contribution in [0.1, 0.15) is 24.8 Å². The average Bonchev–Trinajstić information content (AvgIpc) is 3.11. The largest absolute Gasteiger partial charge is 0.481 e. The first-order valence-corrected chi connectivity index (χ1v) is 9.81. The highest BCUT2D eigenvalue weighted by Gasteiger charge is 2.66. The van der Waals surface area contributed by atoms with Crippen LogP contribution in [0, 0.1) is 11.8 Å². The van der Waals surface area contributed by atoms with Crippen molar-refractivity contribution in [2.24, 2.45) is 11.8 Å². The highest BCUT2D eigenvalue weighted by molar-refractivity contribution is 5.68. The molecule has 0 amide bonds. The molecule has 0 aromatic heterocycles. The summed E-state index contributed by atoms with van der Waals surface area (Å²) in [5.74, 6) is -0.0844. The van der Waals surface area contributed by atoms with Crippen LogP contribution >= 0.6 is 0 Å². The molecule has 3 fully saturated rings. The van der Waals surface area contributed by atoms with E-state index in [4.69, 9.17) is 4.74 Å². The first kappa shape index (κ1) is 15.2. The third kappa shape index (κ3) is 1.75. The highest BCUT2D eigenvalue weighted by atomic mass is 16.5. The molecule has 6 atom stereocenters. The topological polar surface area (TPSA) is 61.8 Å². The summed E-state index contributed by atoms with van der Waals surface area (Å²) in [6.45, 7) is 2.72. The fourth-order valence-electron chi connectivity index (χ4n) is 6.95. The number of anilines is 1. The zero-order valence-corrected chi connectivity index (χ0v) is 14.7. The molecule has 1 aromatic carbocycles. The molecule has 1 saturated carbocycles. The lowest BCUT2D eigenvalue weighted by atomic mass is 9.54. The number of para-hydroxylation sites is 1. The maximum Gasteiger partial charge on any atom is 0.305 e. The number of aliphatic carboxylic acids is 1. The fraction of sp³-hybridized carbons (Fsp3) is 0.571. The Balaban J connectivity index is 1.53. The quantitative estimate of drug-likeness (QED) is 0.800. The van der Waals surface area contributed by atoms with Crippen molar-refractivity contribution in [3.63, 3.8) is 0 Å². The molecular formula is C21H24N2O3. The van der Waals surface area contributed by atoms with Crippen molar-refractivity contribution in [1.29, 1.82) is 0 Å². The molecule has 5 aliphatic rings.